The van der Waals surface area contributed by atoms with Gasteiger partial charge in [-0.2, -0.15) is 0 Å². The highest BCUT2D eigenvalue weighted by molar-refractivity contribution is 4.74. The monoisotopic (exact) mass is 127 g/mol. The molecule has 0 aromatic rings. The Bertz CT molecular complexity index is 75.0. The van der Waals surface area contributed by atoms with Gasteiger partial charge in [-0.25, -0.2) is 0 Å². The molecule has 1 N–H and O–H groups in total. The van der Waals surface area contributed by atoms with Gasteiger partial charge in [0.25, 0.3) is 0 Å². The van der Waals surface area contributed by atoms with Gasteiger partial charge in [0.15, 0.2) is 0 Å². The van der Waals surface area contributed by atoms with Crippen molar-refractivity contribution in [1.82, 2.24) is 10.2 Å². The average Bonchev–Trinajstić information content (AvgIpc) is 1.90. The standard InChI is InChI=1S/C7H15N2/c1-8-7-3-5-9(2)6-4-7/h7-8H,2-6H2,1H3. The van der Waals surface area contributed by atoms with Crippen molar-refractivity contribution >= 4 is 0 Å². The normalized spacial score (nSPS) is 24.7. The van der Waals surface area contributed by atoms with Crippen LogP contribution in [0.2, 0.25) is 0 Å². The summed E-state index contributed by atoms with van der Waals surface area (Å²) < 4.78 is 0. The van der Waals surface area contributed by atoms with E-state index in [0.717, 1.165) is 19.1 Å². The minimum atomic E-state index is 0.739. The van der Waals surface area contributed by atoms with Crippen LogP contribution in [0.5, 0.6) is 0 Å². The second-order valence-electron chi connectivity index (χ2n) is 2.68. The summed E-state index contributed by atoms with van der Waals surface area (Å²) in [4.78, 5) is 2.13. The van der Waals surface area contributed by atoms with Crippen LogP contribution in [0, 0.1) is 7.05 Å². The van der Waals surface area contributed by atoms with Gasteiger partial charge < -0.3 is 10.2 Å². The Morgan fingerprint density at radius 2 is 2.00 bits per heavy atom. The van der Waals surface area contributed by atoms with Crippen LogP contribution >= 0.6 is 0 Å². The van der Waals surface area contributed by atoms with Crippen LogP contribution in [-0.4, -0.2) is 31.1 Å². The molecule has 0 saturated carbocycles. The molecule has 1 heterocycles. The minimum Gasteiger partial charge on any atom is -0.317 e. The Labute approximate surface area is 57.2 Å². The van der Waals surface area contributed by atoms with Crippen molar-refractivity contribution in [1.29, 1.82) is 0 Å². The Kier molecular flexibility index (Phi) is 2.49. The zero-order chi connectivity index (χ0) is 6.69. The highest BCUT2D eigenvalue weighted by Crippen LogP contribution is 2.07. The topological polar surface area (TPSA) is 15.3 Å². The first-order chi connectivity index (χ1) is 4.33. The summed E-state index contributed by atoms with van der Waals surface area (Å²) in [5, 5.41) is 3.27. The Morgan fingerprint density at radius 1 is 1.44 bits per heavy atom. The van der Waals surface area contributed by atoms with Crippen molar-refractivity contribution < 1.29 is 0 Å². The molecule has 0 atom stereocenters. The summed E-state index contributed by atoms with van der Waals surface area (Å²) in [7, 11) is 5.90. The number of rotatable bonds is 1. The van der Waals surface area contributed by atoms with Crippen molar-refractivity contribution in [2.75, 3.05) is 20.1 Å². The van der Waals surface area contributed by atoms with E-state index >= 15 is 0 Å². The van der Waals surface area contributed by atoms with Crippen LogP contribution in [0.1, 0.15) is 12.8 Å². The van der Waals surface area contributed by atoms with Crippen molar-refractivity contribution in [3.8, 4) is 0 Å². The lowest BCUT2D eigenvalue weighted by Gasteiger charge is -2.28. The van der Waals surface area contributed by atoms with Gasteiger partial charge in [0.05, 0.1) is 0 Å². The smallest absolute Gasteiger partial charge is 0.0109 e. The fourth-order valence-corrected chi connectivity index (χ4v) is 1.22. The van der Waals surface area contributed by atoms with Crippen molar-refractivity contribution in [2.24, 2.45) is 0 Å². The highest BCUT2D eigenvalue weighted by atomic mass is 15.1. The van der Waals surface area contributed by atoms with Gasteiger partial charge >= 0.3 is 0 Å². The second kappa shape index (κ2) is 3.18. The maximum Gasteiger partial charge on any atom is 0.0109 e. The molecule has 0 aromatic heterocycles. The quantitative estimate of drug-likeness (QED) is 0.550. The van der Waals surface area contributed by atoms with Gasteiger partial charge in [-0.15, -0.1) is 0 Å². The van der Waals surface area contributed by atoms with Crippen LogP contribution in [0.3, 0.4) is 0 Å². The minimum absolute atomic E-state index is 0.739. The largest absolute Gasteiger partial charge is 0.317 e. The van der Waals surface area contributed by atoms with E-state index in [2.05, 4.69) is 17.3 Å². The molecule has 0 unspecified atom stereocenters. The van der Waals surface area contributed by atoms with E-state index in [1.54, 1.807) is 0 Å². The molecule has 9 heavy (non-hydrogen) atoms. The molecule has 0 spiro atoms. The van der Waals surface area contributed by atoms with E-state index in [0.29, 0.717) is 0 Å². The first-order valence-electron chi connectivity index (χ1n) is 3.55. The van der Waals surface area contributed by atoms with Gasteiger partial charge in [-0.3, -0.25) is 0 Å². The third-order valence-corrected chi connectivity index (χ3v) is 2.00. The molecule has 0 aliphatic carbocycles. The molecule has 1 aliphatic heterocycles. The summed E-state index contributed by atoms with van der Waals surface area (Å²) in [6, 6.07) is 0.739. The van der Waals surface area contributed by atoms with E-state index in [9.17, 15) is 0 Å². The summed E-state index contributed by atoms with van der Waals surface area (Å²) in [6.07, 6.45) is 2.50. The fraction of sp³-hybridized carbons (Fsp3) is 0.857. The average molecular weight is 127 g/mol. The molecule has 0 amide bonds. The molecule has 53 valence electrons. The van der Waals surface area contributed by atoms with Crippen LogP contribution in [0.4, 0.5) is 0 Å². The molecular weight excluding hydrogens is 112 g/mol. The molecule has 0 bridgehead atoms. The number of nitrogens with one attached hydrogen (secondary N) is 1. The number of piperidine rings is 1. The van der Waals surface area contributed by atoms with Crippen LogP contribution in [0.25, 0.3) is 0 Å². The molecule has 1 radical (unpaired) electrons. The lowest BCUT2D eigenvalue weighted by atomic mass is 10.1. The predicted molar refractivity (Wildman–Crippen MR) is 39.0 cm³/mol. The summed E-state index contributed by atoms with van der Waals surface area (Å²) in [6.45, 7) is 2.29. The lowest BCUT2D eigenvalue weighted by molar-refractivity contribution is 0.263. The summed E-state index contributed by atoms with van der Waals surface area (Å²) in [5.74, 6) is 0. The van der Waals surface area contributed by atoms with Crippen molar-refractivity contribution in [3.63, 3.8) is 0 Å². The maximum absolute atomic E-state index is 3.87. The summed E-state index contributed by atoms with van der Waals surface area (Å²) >= 11 is 0. The highest BCUT2D eigenvalue weighted by Gasteiger charge is 2.13. The Morgan fingerprint density at radius 3 is 2.44 bits per heavy atom. The fourth-order valence-electron chi connectivity index (χ4n) is 1.22. The molecule has 1 aliphatic rings. The molecular formula is C7H15N2. The molecule has 1 rings (SSSR count). The van der Waals surface area contributed by atoms with Crippen LogP contribution in [-0.2, 0) is 0 Å². The van der Waals surface area contributed by atoms with Gasteiger partial charge in [-0.1, -0.05) is 0 Å². The van der Waals surface area contributed by atoms with E-state index in [1.807, 2.05) is 7.05 Å². The zero-order valence-corrected chi connectivity index (χ0v) is 6.06. The number of likely N-dealkylation sites (tertiary alicyclic amines) is 1. The van der Waals surface area contributed by atoms with Gasteiger partial charge in [0, 0.05) is 13.1 Å². The first-order valence-corrected chi connectivity index (χ1v) is 3.55. The molecule has 0 aromatic carbocycles. The van der Waals surface area contributed by atoms with E-state index in [1.165, 1.54) is 12.8 Å². The van der Waals surface area contributed by atoms with Crippen LogP contribution in [0.15, 0.2) is 0 Å². The van der Waals surface area contributed by atoms with Crippen LogP contribution < -0.4 is 5.32 Å². The molecule has 2 heteroatoms. The Balaban J connectivity index is 2.18. The molecule has 2 nitrogen and oxygen atoms in total. The number of hydrogen-bond donors (Lipinski definition) is 1. The predicted octanol–water partition coefficient (Wildman–Crippen LogP) is 0.462. The Hall–Kier alpha value is -0.0800. The van der Waals surface area contributed by atoms with E-state index in [4.69, 9.17) is 0 Å². The zero-order valence-electron chi connectivity index (χ0n) is 6.06. The number of hydrogen-bond acceptors (Lipinski definition) is 2. The summed E-state index contributed by atoms with van der Waals surface area (Å²) in [5.41, 5.74) is 0. The van der Waals surface area contributed by atoms with Gasteiger partial charge in [0.2, 0.25) is 0 Å². The second-order valence-corrected chi connectivity index (χ2v) is 2.68. The molecule has 1 saturated heterocycles. The third-order valence-electron chi connectivity index (χ3n) is 2.00. The van der Waals surface area contributed by atoms with E-state index in [-0.39, 0.29) is 0 Å². The van der Waals surface area contributed by atoms with Crippen molar-refractivity contribution in [2.45, 2.75) is 18.9 Å². The van der Waals surface area contributed by atoms with Gasteiger partial charge in [0.1, 0.15) is 0 Å². The van der Waals surface area contributed by atoms with E-state index < -0.39 is 0 Å². The third kappa shape index (κ3) is 1.95. The SMILES string of the molecule is [CH2]N1CCC(NC)CC1. The van der Waals surface area contributed by atoms with Crippen molar-refractivity contribution in [3.05, 3.63) is 7.05 Å². The lowest BCUT2D eigenvalue weighted by Crippen LogP contribution is -2.38. The number of nitrogens with zero attached hydrogens (tertiary/aromatic N) is 1. The maximum atomic E-state index is 3.87. The molecule has 1 fully saturated rings. The first kappa shape index (κ1) is 7.03. The van der Waals surface area contributed by atoms with Gasteiger partial charge in [-0.05, 0) is 33.0 Å².